The summed E-state index contributed by atoms with van der Waals surface area (Å²) in [6.45, 7) is 8.41. The molecule has 2 aliphatic heterocycles. The Kier molecular flexibility index (Phi) is 7.68. The highest BCUT2D eigenvalue weighted by Crippen LogP contribution is 2.31. The van der Waals surface area contributed by atoms with E-state index in [4.69, 9.17) is 0 Å². The fourth-order valence-corrected chi connectivity index (χ4v) is 4.59. The smallest absolute Gasteiger partial charge is 0.255 e. The van der Waals surface area contributed by atoms with Gasteiger partial charge >= 0.3 is 0 Å². The van der Waals surface area contributed by atoms with E-state index in [-0.39, 0.29) is 30.4 Å². The second kappa shape index (κ2) is 9.40. The fourth-order valence-electron chi connectivity index (χ4n) is 4.59. The number of fused-ring (bicyclic) bond motifs is 4. The molecule has 2 aromatic rings. The van der Waals surface area contributed by atoms with E-state index in [1.807, 2.05) is 17.6 Å². The zero-order chi connectivity index (χ0) is 18.3. The SMILES string of the molecule is Cc1cc(C)nc(CN(C)Cc2ccc3n(c2=O)C[C@@H]2CNC[C@H]3C2)c1.Cl.Cl. The van der Waals surface area contributed by atoms with Gasteiger partial charge in [-0.05, 0) is 63.5 Å². The first-order chi connectivity index (χ1) is 12.5. The maximum atomic E-state index is 13.0. The lowest BCUT2D eigenvalue weighted by molar-refractivity contribution is 0.254. The Bertz CT molecular complexity index is 863. The van der Waals surface area contributed by atoms with Crippen molar-refractivity contribution in [2.75, 3.05) is 20.1 Å². The normalized spacial score (nSPS) is 20.1. The number of hydrogen-bond acceptors (Lipinski definition) is 4. The van der Waals surface area contributed by atoms with Crippen LogP contribution in [0.5, 0.6) is 0 Å². The molecule has 1 N–H and O–H groups in total. The summed E-state index contributed by atoms with van der Waals surface area (Å²) in [4.78, 5) is 19.8. The molecule has 2 aromatic heterocycles. The lowest BCUT2D eigenvalue weighted by atomic mass is 9.84. The molecule has 0 aromatic carbocycles. The molecule has 0 aliphatic carbocycles. The summed E-state index contributed by atoms with van der Waals surface area (Å²) in [5.74, 6) is 1.08. The molecule has 4 heterocycles. The van der Waals surface area contributed by atoms with E-state index in [0.717, 1.165) is 43.1 Å². The molecule has 154 valence electrons. The molecule has 0 amide bonds. The summed E-state index contributed by atoms with van der Waals surface area (Å²) in [6.07, 6.45) is 1.21. The van der Waals surface area contributed by atoms with Crippen molar-refractivity contribution in [2.24, 2.45) is 5.92 Å². The van der Waals surface area contributed by atoms with Gasteiger partial charge in [0.2, 0.25) is 0 Å². The lowest BCUT2D eigenvalue weighted by Crippen LogP contribution is -2.45. The van der Waals surface area contributed by atoms with Crippen molar-refractivity contribution in [1.82, 2.24) is 19.8 Å². The minimum atomic E-state index is 0. The first-order valence-corrected chi connectivity index (χ1v) is 9.55. The number of aryl methyl sites for hydroxylation is 2. The summed E-state index contributed by atoms with van der Waals surface area (Å²) in [5.41, 5.74) is 5.62. The van der Waals surface area contributed by atoms with E-state index < -0.39 is 0 Å². The third-order valence-corrected chi connectivity index (χ3v) is 5.61. The van der Waals surface area contributed by atoms with Crippen LogP contribution in [0.3, 0.4) is 0 Å². The maximum absolute atomic E-state index is 13.0. The van der Waals surface area contributed by atoms with Gasteiger partial charge in [-0.25, -0.2) is 0 Å². The molecule has 0 spiro atoms. The number of aromatic nitrogens is 2. The number of halogens is 2. The van der Waals surface area contributed by atoms with Crippen LogP contribution in [-0.2, 0) is 19.6 Å². The number of rotatable bonds is 4. The molecule has 0 saturated carbocycles. The largest absolute Gasteiger partial charge is 0.316 e. The molecule has 7 heteroatoms. The molecule has 2 atom stereocenters. The van der Waals surface area contributed by atoms with Crippen LogP contribution < -0.4 is 10.9 Å². The second-order valence-electron chi connectivity index (χ2n) is 8.11. The molecule has 5 nitrogen and oxygen atoms in total. The summed E-state index contributed by atoms with van der Waals surface area (Å²) in [5, 5.41) is 3.50. The second-order valence-corrected chi connectivity index (χ2v) is 8.11. The van der Waals surface area contributed by atoms with Crippen LogP contribution in [0.4, 0.5) is 0 Å². The van der Waals surface area contributed by atoms with E-state index in [0.29, 0.717) is 18.4 Å². The topological polar surface area (TPSA) is 50.2 Å². The van der Waals surface area contributed by atoms with Crippen LogP contribution >= 0.6 is 24.8 Å². The quantitative estimate of drug-likeness (QED) is 0.818. The van der Waals surface area contributed by atoms with E-state index >= 15 is 0 Å². The summed E-state index contributed by atoms with van der Waals surface area (Å²) in [7, 11) is 2.06. The van der Waals surface area contributed by atoms with Gasteiger partial charge in [0.05, 0.1) is 5.69 Å². The minimum absolute atomic E-state index is 0. The molecule has 0 radical (unpaired) electrons. The first kappa shape index (κ1) is 22.9. The van der Waals surface area contributed by atoms with Gasteiger partial charge in [-0.3, -0.25) is 14.7 Å². The predicted octanol–water partition coefficient (Wildman–Crippen LogP) is 3.04. The summed E-state index contributed by atoms with van der Waals surface area (Å²) in [6, 6.07) is 8.42. The number of pyridine rings is 2. The molecule has 4 rings (SSSR count). The van der Waals surface area contributed by atoms with Crippen LogP contribution in [0.25, 0.3) is 0 Å². The molecule has 0 unspecified atom stereocenters. The number of hydrogen-bond donors (Lipinski definition) is 1. The van der Waals surface area contributed by atoms with Crippen LogP contribution in [0, 0.1) is 19.8 Å². The molecule has 28 heavy (non-hydrogen) atoms. The Hall–Kier alpha value is -1.40. The zero-order valence-electron chi connectivity index (χ0n) is 16.8. The number of piperidine rings is 1. The highest BCUT2D eigenvalue weighted by molar-refractivity contribution is 5.85. The van der Waals surface area contributed by atoms with Crippen molar-refractivity contribution in [1.29, 1.82) is 0 Å². The van der Waals surface area contributed by atoms with Gasteiger partial charge in [-0.1, -0.05) is 6.07 Å². The van der Waals surface area contributed by atoms with Crippen molar-refractivity contribution in [2.45, 2.75) is 45.8 Å². The van der Waals surface area contributed by atoms with Gasteiger partial charge in [-0.2, -0.15) is 0 Å². The Morgan fingerprint density at radius 3 is 2.71 bits per heavy atom. The van der Waals surface area contributed by atoms with Gasteiger partial charge in [0.1, 0.15) is 0 Å². The highest BCUT2D eigenvalue weighted by Gasteiger charge is 2.31. The Morgan fingerprint density at radius 1 is 1.18 bits per heavy atom. The molecular weight excluding hydrogens is 395 g/mol. The Balaban J connectivity index is 0.00000140. The monoisotopic (exact) mass is 424 g/mol. The molecule has 1 fully saturated rings. The van der Waals surface area contributed by atoms with Crippen molar-refractivity contribution in [3.63, 3.8) is 0 Å². The van der Waals surface area contributed by atoms with E-state index in [1.54, 1.807) is 0 Å². The van der Waals surface area contributed by atoms with Crippen molar-refractivity contribution in [3.05, 3.63) is 62.8 Å². The average Bonchev–Trinajstić information content (AvgIpc) is 2.57. The van der Waals surface area contributed by atoms with Crippen LogP contribution in [-0.4, -0.2) is 34.6 Å². The van der Waals surface area contributed by atoms with Gasteiger partial charge < -0.3 is 9.88 Å². The number of nitrogens with zero attached hydrogens (tertiary/aromatic N) is 3. The Morgan fingerprint density at radius 2 is 1.96 bits per heavy atom. The third-order valence-electron chi connectivity index (χ3n) is 5.61. The Labute approximate surface area is 179 Å². The number of nitrogens with one attached hydrogen (secondary N) is 1. The van der Waals surface area contributed by atoms with E-state index in [9.17, 15) is 4.79 Å². The molecule has 2 aliphatic rings. The molecule has 2 bridgehead atoms. The standard InChI is InChI=1S/C21H28N4O.2ClH/c1-14-6-15(2)23-19(7-14)13-24(3)12-17-4-5-20-18-8-16(9-22-10-18)11-25(20)21(17)26;;/h4-7,16,18,22H,8-13H2,1-3H3;2*1H/t16-,18+;;/m0../s1. The van der Waals surface area contributed by atoms with Gasteiger partial charge in [0.25, 0.3) is 5.56 Å². The van der Waals surface area contributed by atoms with Crippen LogP contribution in [0.15, 0.2) is 29.1 Å². The zero-order valence-corrected chi connectivity index (χ0v) is 18.4. The third kappa shape index (κ3) is 4.77. The predicted molar refractivity (Wildman–Crippen MR) is 118 cm³/mol. The molecular formula is C21H30Cl2N4O. The highest BCUT2D eigenvalue weighted by atomic mass is 35.5. The fraction of sp³-hybridized carbons (Fsp3) is 0.524. The van der Waals surface area contributed by atoms with Gasteiger partial charge in [0.15, 0.2) is 0 Å². The van der Waals surface area contributed by atoms with Crippen molar-refractivity contribution < 1.29 is 0 Å². The van der Waals surface area contributed by atoms with Crippen molar-refractivity contribution >= 4 is 24.8 Å². The van der Waals surface area contributed by atoms with Crippen LogP contribution in [0.2, 0.25) is 0 Å². The maximum Gasteiger partial charge on any atom is 0.255 e. The van der Waals surface area contributed by atoms with E-state index in [1.165, 1.54) is 17.7 Å². The first-order valence-electron chi connectivity index (χ1n) is 9.55. The van der Waals surface area contributed by atoms with E-state index in [2.05, 4.69) is 47.4 Å². The van der Waals surface area contributed by atoms with Gasteiger partial charge in [-0.15, -0.1) is 24.8 Å². The lowest BCUT2D eigenvalue weighted by Gasteiger charge is -2.37. The minimum Gasteiger partial charge on any atom is -0.316 e. The van der Waals surface area contributed by atoms with Crippen molar-refractivity contribution in [3.8, 4) is 0 Å². The van der Waals surface area contributed by atoms with Crippen LogP contribution in [0.1, 0.15) is 40.5 Å². The average molecular weight is 425 g/mol. The van der Waals surface area contributed by atoms with Gasteiger partial charge in [0, 0.05) is 49.0 Å². The molecule has 1 saturated heterocycles. The summed E-state index contributed by atoms with van der Waals surface area (Å²) < 4.78 is 2.04. The summed E-state index contributed by atoms with van der Waals surface area (Å²) >= 11 is 0.